The normalized spacial score (nSPS) is 18.3. The van der Waals surface area contributed by atoms with Gasteiger partial charge in [0.25, 0.3) is 0 Å². The molecule has 0 spiro atoms. The summed E-state index contributed by atoms with van der Waals surface area (Å²) < 4.78 is 40.5. The van der Waals surface area contributed by atoms with Gasteiger partial charge in [-0.2, -0.15) is 4.31 Å². The van der Waals surface area contributed by atoms with Crippen LogP contribution in [0.5, 0.6) is 0 Å². The van der Waals surface area contributed by atoms with E-state index in [9.17, 15) is 12.8 Å². The fourth-order valence-electron chi connectivity index (χ4n) is 3.72. The molecule has 0 atom stereocenters. The van der Waals surface area contributed by atoms with Crippen LogP contribution < -0.4 is 5.32 Å². The molecule has 1 saturated heterocycles. The number of benzene rings is 2. The van der Waals surface area contributed by atoms with Gasteiger partial charge < -0.3 is 10.2 Å². The molecule has 0 amide bonds. The Bertz CT molecular complexity index is 907. The lowest BCUT2D eigenvalue weighted by atomic mass is 10.1. The molecule has 0 aromatic heterocycles. The molecule has 7 heteroatoms. The second kappa shape index (κ2) is 7.58. The Hall–Kier alpha value is -1.96. The van der Waals surface area contributed by atoms with Crippen molar-refractivity contribution in [3.05, 3.63) is 59.4 Å². The molecule has 0 unspecified atom stereocenters. The molecule has 0 bridgehead atoms. The molecular weight excluding hydrogens is 365 g/mol. The Morgan fingerprint density at radius 1 is 1.00 bits per heavy atom. The Labute approximate surface area is 159 Å². The van der Waals surface area contributed by atoms with Gasteiger partial charge in [-0.15, -0.1) is 0 Å². The second-order valence-corrected chi connectivity index (χ2v) is 9.06. The van der Waals surface area contributed by atoms with Crippen molar-refractivity contribution < 1.29 is 12.8 Å². The fourth-order valence-corrected chi connectivity index (χ4v) is 5.20. The molecule has 2 aromatic rings. The number of nitrogens with one attached hydrogen (secondary N) is 1. The summed E-state index contributed by atoms with van der Waals surface area (Å²) >= 11 is 0. The van der Waals surface area contributed by atoms with Gasteiger partial charge in [0, 0.05) is 45.0 Å². The predicted molar refractivity (Wildman–Crippen MR) is 104 cm³/mol. The molecule has 2 aliphatic heterocycles. The minimum atomic E-state index is -3.44. The number of fused-ring (bicyclic) bond motifs is 1. The molecule has 0 saturated carbocycles. The van der Waals surface area contributed by atoms with Crippen LogP contribution in [0.3, 0.4) is 0 Å². The first kappa shape index (κ1) is 18.4. The first-order valence-corrected chi connectivity index (χ1v) is 10.8. The molecule has 144 valence electrons. The van der Waals surface area contributed by atoms with E-state index in [-0.39, 0.29) is 5.82 Å². The van der Waals surface area contributed by atoms with Crippen molar-refractivity contribution in [3.63, 3.8) is 0 Å². The van der Waals surface area contributed by atoms with E-state index in [2.05, 4.69) is 10.2 Å². The van der Waals surface area contributed by atoms with E-state index in [0.717, 1.165) is 42.7 Å². The smallest absolute Gasteiger partial charge is 0.243 e. The van der Waals surface area contributed by atoms with Crippen LogP contribution in [0.25, 0.3) is 0 Å². The predicted octanol–water partition coefficient (Wildman–Crippen LogP) is 2.34. The summed E-state index contributed by atoms with van der Waals surface area (Å²) in [5.41, 5.74) is 3.21. The summed E-state index contributed by atoms with van der Waals surface area (Å²) in [7, 11) is -3.44. The SMILES string of the molecule is O=S(=O)(c1ccc2c(c1)CCN2)N1CCN(CCc2ccc(F)cc2)CC1. The van der Waals surface area contributed by atoms with Crippen molar-refractivity contribution in [1.82, 2.24) is 9.21 Å². The molecule has 2 aliphatic rings. The van der Waals surface area contributed by atoms with Crippen LogP contribution in [-0.2, 0) is 22.9 Å². The van der Waals surface area contributed by atoms with Crippen LogP contribution in [0, 0.1) is 5.82 Å². The Balaban J connectivity index is 1.35. The Morgan fingerprint density at radius 3 is 2.48 bits per heavy atom. The monoisotopic (exact) mass is 389 g/mol. The standard InChI is InChI=1S/C20H24FN3O2S/c21-18-3-1-16(2-4-18)8-10-23-11-13-24(14-12-23)27(25,26)19-5-6-20-17(15-19)7-9-22-20/h1-6,15,22H,7-14H2. The van der Waals surface area contributed by atoms with Crippen molar-refractivity contribution >= 4 is 15.7 Å². The third kappa shape index (κ3) is 4.00. The van der Waals surface area contributed by atoms with Gasteiger partial charge in [-0.1, -0.05) is 12.1 Å². The molecule has 4 rings (SSSR count). The molecule has 2 heterocycles. The molecular formula is C20H24FN3O2S. The largest absolute Gasteiger partial charge is 0.384 e. The maximum absolute atomic E-state index is 13.0. The highest BCUT2D eigenvalue weighted by Gasteiger charge is 2.29. The zero-order chi connectivity index (χ0) is 18.9. The molecule has 0 radical (unpaired) electrons. The molecule has 2 aromatic carbocycles. The van der Waals surface area contributed by atoms with Crippen molar-refractivity contribution in [1.29, 1.82) is 0 Å². The number of sulfonamides is 1. The summed E-state index contributed by atoms with van der Waals surface area (Å²) in [5, 5.41) is 3.26. The maximum Gasteiger partial charge on any atom is 0.243 e. The third-order valence-corrected chi connectivity index (χ3v) is 7.28. The number of piperazine rings is 1. The van der Waals surface area contributed by atoms with E-state index in [4.69, 9.17) is 0 Å². The van der Waals surface area contributed by atoms with Gasteiger partial charge in [-0.25, -0.2) is 12.8 Å². The second-order valence-electron chi connectivity index (χ2n) is 7.12. The van der Waals surface area contributed by atoms with Crippen LogP contribution in [0.2, 0.25) is 0 Å². The summed E-state index contributed by atoms with van der Waals surface area (Å²) in [6.45, 7) is 4.15. The lowest BCUT2D eigenvalue weighted by molar-refractivity contribution is 0.190. The lowest BCUT2D eigenvalue weighted by Crippen LogP contribution is -2.49. The number of hydrogen-bond acceptors (Lipinski definition) is 4. The third-order valence-electron chi connectivity index (χ3n) is 5.39. The Morgan fingerprint density at radius 2 is 1.74 bits per heavy atom. The van der Waals surface area contributed by atoms with Gasteiger partial charge in [-0.05, 0) is 54.3 Å². The zero-order valence-corrected chi connectivity index (χ0v) is 16.0. The summed E-state index contributed by atoms with van der Waals surface area (Å²) in [6, 6.07) is 11.9. The fraction of sp³-hybridized carbons (Fsp3) is 0.400. The topological polar surface area (TPSA) is 52.7 Å². The van der Waals surface area contributed by atoms with Crippen LogP contribution >= 0.6 is 0 Å². The van der Waals surface area contributed by atoms with Crippen molar-refractivity contribution in [2.24, 2.45) is 0 Å². The van der Waals surface area contributed by atoms with Gasteiger partial charge >= 0.3 is 0 Å². The number of hydrogen-bond donors (Lipinski definition) is 1. The van der Waals surface area contributed by atoms with E-state index in [1.807, 2.05) is 12.1 Å². The molecule has 0 aliphatic carbocycles. The van der Waals surface area contributed by atoms with E-state index in [0.29, 0.717) is 31.1 Å². The quantitative estimate of drug-likeness (QED) is 0.853. The van der Waals surface area contributed by atoms with Gasteiger partial charge in [0.15, 0.2) is 0 Å². The minimum absolute atomic E-state index is 0.222. The van der Waals surface area contributed by atoms with Crippen molar-refractivity contribution in [2.45, 2.75) is 17.7 Å². The summed E-state index contributed by atoms with van der Waals surface area (Å²) in [5.74, 6) is -0.222. The molecule has 27 heavy (non-hydrogen) atoms. The molecule has 1 fully saturated rings. The van der Waals surface area contributed by atoms with E-state index < -0.39 is 10.0 Å². The van der Waals surface area contributed by atoms with Gasteiger partial charge in [0.2, 0.25) is 10.0 Å². The number of nitrogens with zero attached hydrogens (tertiary/aromatic N) is 2. The van der Waals surface area contributed by atoms with Crippen molar-refractivity contribution in [2.75, 3.05) is 44.6 Å². The lowest BCUT2D eigenvalue weighted by Gasteiger charge is -2.34. The van der Waals surface area contributed by atoms with Crippen LogP contribution in [-0.4, -0.2) is 56.9 Å². The van der Waals surface area contributed by atoms with E-state index in [1.165, 1.54) is 12.1 Å². The van der Waals surface area contributed by atoms with Gasteiger partial charge in [0.1, 0.15) is 5.82 Å². The van der Waals surface area contributed by atoms with Crippen molar-refractivity contribution in [3.8, 4) is 0 Å². The average Bonchev–Trinajstić information content (AvgIpc) is 3.16. The molecule has 5 nitrogen and oxygen atoms in total. The molecule has 1 N–H and O–H groups in total. The number of anilines is 1. The van der Waals surface area contributed by atoms with Crippen LogP contribution in [0.4, 0.5) is 10.1 Å². The number of rotatable bonds is 5. The van der Waals surface area contributed by atoms with E-state index >= 15 is 0 Å². The summed E-state index contributed by atoms with van der Waals surface area (Å²) in [4.78, 5) is 2.66. The van der Waals surface area contributed by atoms with Gasteiger partial charge in [-0.3, -0.25) is 0 Å². The number of halogens is 1. The highest BCUT2D eigenvalue weighted by Crippen LogP contribution is 2.27. The maximum atomic E-state index is 13.0. The van der Waals surface area contributed by atoms with Crippen LogP contribution in [0.15, 0.2) is 47.4 Å². The Kier molecular flexibility index (Phi) is 5.16. The average molecular weight is 389 g/mol. The first-order chi connectivity index (χ1) is 13.0. The zero-order valence-electron chi connectivity index (χ0n) is 15.2. The van der Waals surface area contributed by atoms with Gasteiger partial charge in [0.05, 0.1) is 4.90 Å². The first-order valence-electron chi connectivity index (χ1n) is 9.36. The van der Waals surface area contributed by atoms with Crippen LogP contribution in [0.1, 0.15) is 11.1 Å². The minimum Gasteiger partial charge on any atom is -0.384 e. The highest BCUT2D eigenvalue weighted by molar-refractivity contribution is 7.89. The summed E-state index contributed by atoms with van der Waals surface area (Å²) in [6.07, 6.45) is 1.71. The highest BCUT2D eigenvalue weighted by atomic mass is 32.2. The van der Waals surface area contributed by atoms with E-state index in [1.54, 1.807) is 22.5 Å².